The van der Waals surface area contributed by atoms with E-state index in [1.54, 1.807) is 7.11 Å². The molecule has 0 bridgehead atoms. The summed E-state index contributed by atoms with van der Waals surface area (Å²) < 4.78 is 11.6. The predicted molar refractivity (Wildman–Crippen MR) is 78.5 cm³/mol. The fourth-order valence-electron chi connectivity index (χ4n) is 2.53. The van der Waals surface area contributed by atoms with Crippen molar-refractivity contribution >= 4 is 11.6 Å². The predicted octanol–water partition coefficient (Wildman–Crippen LogP) is 3.43. The van der Waals surface area contributed by atoms with Crippen LogP contribution in [0.2, 0.25) is 5.02 Å². The molecule has 1 aliphatic carbocycles. The van der Waals surface area contributed by atoms with Crippen LogP contribution in [0.4, 0.5) is 0 Å². The molecule has 0 saturated heterocycles. The van der Waals surface area contributed by atoms with Gasteiger partial charge >= 0.3 is 0 Å². The maximum atomic E-state index is 6.32. The van der Waals surface area contributed by atoms with E-state index >= 15 is 0 Å². The summed E-state index contributed by atoms with van der Waals surface area (Å²) in [6.45, 7) is 0.869. The molecule has 19 heavy (non-hydrogen) atoms. The first kappa shape index (κ1) is 14.5. The fourth-order valence-corrected chi connectivity index (χ4v) is 2.77. The molecular weight excluding hydrogens is 262 g/mol. The van der Waals surface area contributed by atoms with Gasteiger partial charge in [-0.25, -0.2) is 0 Å². The second-order valence-electron chi connectivity index (χ2n) is 4.94. The van der Waals surface area contributed by atoms with Crippen molar-refractivity contribution in [1.29, 1.82) is 0 Å². The molecule has 1 saturated carbocycles. The van der Waals surface area contributed by atoms with Gasteiger partial charge in [0.05, 0.1) is 13.2 Å². The average molecular weight is 284 g/mol. The number of rotatable bonds is 6. The van der Waals surface area contributed by atoms with E-state index in [1.165, 1.54) is 12.8 Å². The molecule has 0 spiro atoms. The van der Waals surface area contributed by atoms with Crippen molar-refractivity contribution in [3.63, 3.8) is 0 Å². The lowest BCUT2D eigenvalue weighted by atomic mass is 10.1. The Labute approximate surface area is 120 Å². The first-order chi connectivity index (χ1) is 9.26. The molecule has 0 heterocycles. The standard InChI is InChI=1S/C15H22ClNO2/c1-17-10-9-12-13(16)7-8-14(18-2)15(12)19-11-5-3-4-6-11/h7-8,11,17H,3-6,9-10H2,1-2H3. The van der Waals surface area contributed by atoms with E-state index in [1.807, 2.05) is 19.2 Å². The summed E-state index contributed by atoms with van der Waals surface area (Å²) in [5.41, 5.74) is 1.04. The van der Waals surface area contributed by atoms with Gasteiger partial charge in [-0.1, -0.05) is 11.6 Å². The third-order valence-electron chi connectivity index (χ3n) is 3.60. The van der Waals surface area contributed by atoms with Crippen molar-refractivity contribution in [2.75, 3.05) is 20.7 Å². The molecule has 0 amide bonds. The minimum absolute atomic E-state index is 0.306. The number of likely N-dealkylation sites (N-methyl/N-ethyl adjacent to an activating group) is 1. The van der Waals surface area contributed by atoms with E-state index in [0.29, 0.717) is 6.10 Å². The quantitative estimate of drug-likeness (QED) is 0.868. The highest BCUT2D eigenvalue weighted by Gasteiger charge is 2.21. The van der Waals surface area contributed by atoms with Crippen LogP contribution >= 0.6 is 11.6 Å². The molecular formula is C15H22ClNO2. The summed E-state index contributed by atoms with van der Waals surface area (Å²) in [6, 6.07) is 3.77. The minimum atomic E-state index is 0.306. The van der Waals surface area contributed by atoms with Gasteiger partial charge in [0.1, 0.15) is 0 Å². The van der Waals surface area contributed by atoms with Gasteiger partial charge in [-0.05, 0) is 57.8 Å². The van der Waals surface area contributed by atoms with Gasteiger partial charge in [-0.3, -0.25) is 0 Å². The number of hydrogen-bond acceptors (Lipinski definition) is 3. The van der Waals surface area contributed by atoms with Crippen LogP contribution in [-0.4, -0.2) is 26.8 Å². The number of nitrogens with one attached hydrogen (secondary N) is 1. The molecule has 0 radical (unpaired) electrons. The molecule has 1 aromatic rings. The maximum Gasteiger partial charge on any atom is 0.166 e. The van der Waals surface area contributed by atoms with Crippen molar-refractivity contribution in [3.8, 4) is 11.5 Å². The number of halogens is 1. The zero-order chi connectivity index (χ0) is 13.7. The lowest BCUT2D eigenvalue weighted by Crippen LogP contribution is -2.16. The highest BCUT2D eigenvalue weighted by Crippen LogP contribution is 2.38. The zero-order valence-electron chi connectivity index (χ0n) is 11.7. The third-order valence-corrected chi connectivity index (χ3v) is 3.95. The Morgan fingerprint density at radius 2 is 2.05 bits per heavy atom. The molecule has 1 fully saturated rings. The van der Waals surface area contributed by atoms with Crippen molar-refractivity contribution in [2.24, 2.45) is 0 Å². The van der Waals surface area contributed by atoms with Crippen LogP contribution in [0.1, 0.15) is 31.2 Å². The van der Waals surface area contributed by atoms with Gasteiger partial charge in [-0.15, -0.1) is 0 Å². The second kappa shape index (κ2) is 7.01. The minimum Gasteiger partial charge on any atom is -0.493 e. The van der Waals surface area contributed by atoms with Crippen LogP contribution in [0.25, 0.3) is 0 Å². The largest absolute Gasteiger partial charge is 0.493 e. The molecule has 1 aromatic carbocycles. The zero-order valence-corrected chi connectivity index (χ0v) is 12.4. The fraction of sp³-hybridized carbons (Fsp3) is 0.600. The molecule has 0 aliphatic heterocycles. The van der Waals surface area contributed by atoms with Crippen LogP contribution < -0.4 is 14.8 Å². The highest BCUT2D eigenvalue weighted by molar-refractivity contribution is 6.31. The highest BCUT2D eigenvalue weighted by atomic mass is 35.5. The van der Waals surface area contributed by atoms with Gasteiger partial charge in [0.25, 0.3) is 0 Å². The molecule has 4 heteroatoms. The molecule has 2 rings (SSSR count). The third kappa shape index (κ3) is 3.54. The second-order valence-corrected chi connectivity index (χ2v) is 5.34. The lowest BCUT2D eigenvalue weighted by molar-refractivity contribution is 0.198. The Morgan fingerprint density at radius 1 is 1.32 bits per heavy atom. The molecule has 3 nitrogen and oxygen atoms in total. The topological polar surface area (TPSA) is 30.5 Å². The first-order valence-corrected chi connectivity index (χ1v) is 7.30. The summed E-state index contributed by atoms with van der Waals surface area (Å²) in [5.74, 6) is 1.61. The Kier molecular flexibility index (Phi) is 5.34. The molecule has 1 aliphatic rings. The maximum absolute atomic E-state index is 6.32. The van der Waals surface area contributed by atoms with Gasteiger partial charge in [0.15, 0.2) is 11.5 Å². The SMILES string of the molecule is CNCCc1c(Cl)ccc(OC)c1OC1CCCC1. The monoisotopic (exact) mass is 283 g/mol. The summed E-state index contributed by atoms with van der Waals surface area (Å²) >= 11 is 6.32. The van der Waals surface area contributed by atoms with Crippen molar-refractivity contribution in [1.82, 2.24) is 5.32 Å². The Balaban J connectivity index is 2.26. The number of ether oxygens (including phenoxy) is 2. The van der Waals surface area contributed by atoms with E-state index in [0.717, 1.165) is 47.9 Å². The van der Waals surface area contributed by atoms with Crippen LogP contribution in [0.5, 0.6) is 11.5 Å². The molecule has 0 unspecified atom stereocenters. The molecule has 106 valence electrons. The van der Waals surface area contributed by atoms with Gasteiger partial charge in [0.2, 0.25) is 0 Å². The van der Waals surface area contributed by atoms with E-state index in [4.69, 9.17) is 21.1 Å². The number of hydrogen-bond donors (Lipinski definition) is 1. The van der Waals surface area contributed by atoms with E-state index in [-0.39, 0.29) is 0 Å². The van der Waals surface area contributed by atoms with Crippen LogP contribution in [-0.2, 0) is 6.42 Å². The summed E-state index contributed by atoms with van der Waals surface area (Å²) in [4.78, 5) is 0. The smallest absolute Gasteiger partial charge is 0.166 e. The van der Waals surface area contributed by atoms with Crippen LogP contribution in [0, 0.1) is 0 Å². The van der Waals surface area contributed by atoms with Crippen LogP contribution in [0.15, 0.2) is 12.1 Å². The normalized spacial score (nSPS) is 15.7. The summed E-state index contributed by atoms with van der Waals surface area (Å²) in [6.07, 6.45) is 5.90. The summed E-state index contributed by atoms with van der Waals surface area (Å²) in [7, 11) is 3.61. The van der Waals surface area contributed by atoms with Crippen molar-refractivity contribution < 1.29 is 9.47 Å². The summed E-state index contributed by atoms with van der Waals surface area (Å²) in [5, 5.41) is 3.90. The lowest BCUT2D eigenvalue weighted by Gasteiger charge is -2.20. The molecule has 0 aromatic heterocycles. The van der Waals surface area contributed by atoms with E-state index in [2.05, 4.69) is 5.32 Å². The number of methoxy groups -OCH3 is 1. The van der Waals surface area contributed by atoms with Crippen LogP contribution in [0.3, 0.4) is 0 Å². The molecule has 1 N–H and O–H groups in total. The Hall–Kier alpha value is -0.930. The molecule has 0 atom stereocenters. The Bertz CT molecular complexity index is 417. The first-order valence-electron chi connectivity index (χ1n) is 6.93. The van der Waals surface area contributed by atoms with Gasteiger partial charge < -0.3 is 14.8 Å². The average Bonchev–Trinajstić information content (AvgIpc) is 2.91. The Morgan fingerprint density at radius 3 is 2.68 bits per heavy atom. The van der Waals surface area contributed by atoms with Gasteiger partial charge in [0, 0.05) is 10.6 Å². The van der Waals surface area contributed by atoms with Crippen molar-refractivity contribution in [2.45, 2.75) is 38.2 Å². The van der Waals surface area contributed by atoms with E-state index in [9.17, 15) is 0 Å². The number of benzene rings is 1. The van der Waals surface area contributed by atoms with E-state index < -0.39 is 0 Å². The van der Waals surface area contributed by atoms with Crippen molar-refractivity contribution in [3.05, 3.63) is 22.7 Å². The van der Waals surface area contributed by atoms with Gasteiger partial charge in [-0.2, -0.15) is 0 Å².